The Balaban J connectivity index is 1.99. The number of hydrogen-bond acceptors (Lipinski definition) is 3. The molecule has 0 fully saturated rings. The summed E-state index contributed by atoms with van der Waals surface area (Å²) < 4.78 is 18.8. The average molecular weight is 309 g/mol. The van der Waals surface area contributed by atoms with Crippen LogP contribution in [0.2, 0.25) is 0 Å². The molecule has 1 N–H and O–H groups in total. The van der Waals surface area contributed by atoms with Gasteiger partial charge in [0.1, 0.15) is 11.4 Å². The van der Waals surface area contributed by atoms with Gasteiger partial charge >= 0.3 is 0 Å². The number of carbonyl (C=O) groups excluding carboxylic acids is 1. The van der Waals surface area contributed by atoms with Crippen LogP contribution in [0.25, 0.3) is 11.0 Å². The van der Waals surface area contributed by atoms with E-state index in [9.17, 15) is 14.0 Å². The van der Waals surface area contributed by atoms with Crippen molar-refractivity contribution in [1.29, 1.82) is 0 Å². The Labute approximate surface area is 130 Å². The Hall–Kier alpha value is -2.95. The molecule has 0 saturated carbocycles. The molecule has 1 aromatic heterocycles. The van der Waals surface area contributed by atoms with Crippen LogP contribution < -0.4 is 10.7 Å². The van der Waals surface area contributed by atoms with E-state index in [0.29, 0.717) is 16.5 Å². The van der Waals surface area contributed by atoms with Crippen molar-refractivity contribution in [2.24, 2.45) is 0 Å². The molecule has 0 radical (unpaired) electrons. The molecule has 2 aromatic carbocycles. The van der Waals surface area contributed by atoms with Crippen molar-refractivity contribution in [3.8, 4) is 0 Å². The number of aryl methyl sites for hydroxylation is 1. The molecule has 0 spiro atoms. The third-order valence-electron chi connectivity index (χ3n) is 4.05. The third-order valence-corrected chi connectivity index (χ3v) is 4.05. The smallest absolute Gasteiger partial charge is 0.288 e. The fourth-order valence-corrected chi connectivity index (χ4v) is 2.93. The molecule has 1 aliphatic rings. The second-order valence-electron chi connectivity index (χ2n) is 5.63. The van der Waals surface area contributed by atoms with Crippen LogP contribution in [0, 0.1) is 12.7 Å². The van der Waals surface area contributed by atoms with Gasteiger partial charge in [0.25, 0.3) is 5.91 Å². The summed E-state index contributed by atoms with van der Waals surface area (Å²) in [5.74, 6) is -0.783. The van der Waals surface area contributed by atoms with Crippen molar-refractivity contribution in [3.05, 3.63) is 81.0 Å². The van der Waals surface area contributed by atoms with E-state index in [2.05, 4.69) is 5.32 Å². The standard InChI is InChI=1S/C18H12FNO3/c1-9-2-7-13-12(8-9)16(21)14-15(20-18(22)17(14)23-13)10-3-5-11(19)6-4-10/h2-8,15H,1H3,(H,20,22). The fraction of sp³-hybridized carbons (Fsp3) is 0.111. The van der Waals surface area contributed by atoms with Crippen molar-refractivity contribution in [1.82, 2.24) is 5.32 Å². The SMILES string of the molecule is Cc1ccc2oc3c(c(=O)c2c1)C(c1ccc(F)cc1)NC3=O. The molecule has 2 heterocycles. The van der Waals surface area contributed by atoms with Crippen molar-refractivity contribution >= 4 is 16.9 Å². The van der Waals surface area contributed by atoms with E-state index < -0.39 is 11.9 Å². The zero-order valence-corrected chi connectivity index (χ0v) is 12.2. The molecule has 1 unspecified atom stereocenters. The zero-order valence-electron chi connectivity index (χ0n) is 12.2. The Kier molecular flexibility index (Phi) is 2.84. The van der Waals surface area contributed by atoms with Crippen LogP contribution in [-0.4, -0.2) is 5.91 Å². The summed E-state index contributed by atoms with van der Waals surface area (Å²) in [7, 11) is 0. The Bertz CT molecular complexity index is 1010. The number of carbonyl (C=O) groups is 1. The largest absolute Gasteiger partial charge is 0.450 e. The summed E-state index contributed by atoms with van der Waals surface area (Å²) in [6.45, 7) is 1.88. The highest BCUT2D eigenvalue weighted by Crippen LogP contribution is 2.31. The van der Waals surface area contributed by atoms with Gasteiger partial charge in [-0.1, -0.05) is 23.8 Å². The third kappa shape index (κ3) is 2.04. The predicted octanol–water partition coefficient (Wildman–Crippen LogP) is 3.07. The van der Waals surface area contributed by atoms with Gasteiger partial charge in [-0.2, -0.15) is 0 Å². The van der Waals surface area contributed by atoms with E-state index in [0.717, 1.165) is 5.56 Å². The van der Waals surface area contributed by atoms with E-state index in [1.165, 1.54) is 12.1 Å². The lowest BCUT2D eigenvalue weighted by molar-refractivity contribution is 0.0938. The highest BCUT2D eigenvalue weighted by atomic mass is 19.1. The number of fused-ring (bicyclic) bond motifs is 2. The maximum Gasteiger partial charge on any atom is 0.288 e. The average Bonchev–Trinajstić information content (AvgIpc) is 2.86. The zero-order chi connectivity index (χ0) is 16.1. The van der Waals surface area contributed by atoms with E-state index in [1.54, 1.807) is 24.3 Å². The quantitative estimate of drug-likeness (QED) is 0.751. The lowest BCUT2D eigenvalue weighted by Crippen LogP contribution is -2.21. The molecule has 0 aliphatic carbocycles. The van der Waals surface area contributed by atoms with Gasteiger partial charge in [0, 0.05) is 0 Å². The van der Waals surface area contributed by atoms with Crippen LogP contribution in [0.15, 0.2) is 51.7 Å². The lowest BCUT2D eigenvalue weighted by Gasteiger charge is -2.11. The molecule has 114 valence electrons. The van der Waals surface area contributed by atoms with E-state index in [1.807, 2.05) is 13.0 Å². The first-order chi connectivity index (χ1) is 11.0. The van der Waals surface area contributed by atoms with Crippen molar-refractivity contribution in [3.63, 3.8) is 0 Å². The lowest BCUT2D eigenvalue weighted by atomic mass is 9.99. The van der Waals surface area contributed by atoms with E-state index in [4.69, 9.17) is 4.42 Å². The number of rotatable bonds is 1. The maximum atomic E-state index is 13.1. The second-order valence-corrected chi connectivity index (χ2v) is 5.63. The summed E-state index contributed by atoms with van der Waals surface area (Å²) in [5, 5.41) is 3.17. The maximum absolute atomic E-state index is 13.1. The molecular weight excluding hydrogens is 297 g/mol. The molecule has 4 nitrogen and oxygen atoms in total. The van der Waals surface area contributed by atoms with Crippen LogP contribution in [0.3, 0.4) is 0 Å². The van der Waals surface area contributed by atoms with Gasteiger partial charge in [-0.05, 0) is 36.8 Å². The minimum atomic E-state index is -0.626. The normalized spacial score (nSPS) is 16.4. The van der Waals surface area contributed by atoms with E-state index in [-0.39, 0.29) is 22.6 Å². The van der Waals surface area contributed by atoms with Crippen LogP contribution >= 0.6 is 0 Å². The first-order valence-corrected chi connectivity index (χ1v) is 7.18. The predicted molar refractivity (Wildman–Crippen MR) is 82.9 cm³/mol. The Morgan fingerprint density at radius 1 is 1.09 bits per heavy atom. The second kappa shape index (κ2) is 4.78. The van der Waals surface area contributed by atoms with Gasteiger partial charge in [0.2, 0.25) is 5.76 Å². The van der Waals surface area contributed by atoms with Gasteiger partial charge in [-0.15, -0.1) is 0 Å². The molecule has 1 amide bonds. The fourth-order valence-electron chi connectivity index (χ4n) is 2.93. The molecule has 5 heteroatoms. The van der Waals surface area contributed by atoms with Crippen molar-refractivity contribution < 1.29 is 13.6 Å². The van der Waals surface area contributed by atoms with Crippen LogP contribution in [0.1, 0.15) is 33.3 Å². The summed E-state index contributed by atoms with van der Waals surface area (Å²) >= 11 is 0. The number of benzene rings is 2. The molecular formula is C18H12FNO3. The molecule has 0 saturated heterocycles. The van der Waals surface area contributed by atoms with Gasteiger partial charge < -0.3 is 9.73 Å². The number of halogens is 1. The summed E-state index contributed by atoms with van der Waals surface area (Å²) in [6.07, 6.45) is 0. The summed E-state index contributed by atoms with van der Waals surface area (Å²) in [4.78, 5) is 25.0. The molecule has 1 aliphatic heterocycles. The van der Waals surface area contributed by atoms with Gasteiger partial charge in [0.05, 0.1) is 17.0 Å². The van der Waals surface area contributed by atoms with Crippen molar-refractivity contribution in [2.75, 3.05) is 0 Å². The van der Waals surface area contributed by atoms with Gasteiger partial charge in [-0.3, -0.25) is 9.59 Å². The highest BCUT2D eigenvalue weighted by Gasteiger charge is 2.35. The monoisotopic (exact) mass is 309 g/mol. The van der Waals surface area contributed by atoms with Gasteiger partial charge in [-0.25, -0.2) is 4.39 Å². The minimum Gasteiger partial charge on any atom is -0.450 e. The van der Waals surface area contributed by atoms with Crippen LogP contribution in [-0.2, 0) is 0 Å². The van der Waals surface area contributed by atoms with E-state index >= 15 is 0 Å². The summed E-state index contributed by atoms with van der Waals surface area (Å²) in [6, 6.07) is 10.3. The first-order valence-electron chi connectivity index (χ1n) is 7.18. The van der Waals surface area contributed by atoms with Gasteiger partial charge in [0.15, 0.2) is 5.43 Å². The minimum absolute atomic E-state index is 0.0284. The number of nitrogens with one attached hydrogen (secondary N) is 1. The van der Waals surface area contributed by atoms with Crippen LogP contribution in [0.4, 0.5) is 4.39 Å². The first kappa shape index (κ1) is 13.7. The highest BCUT2D eigenvalue weighted by molar-refractivity contribution is 5.99. The molecule has 4 rings (SSSR count). The Morgan fingerprint density at radius 2 is 1.83 bits per heavy atom. The number of hydrogen-bond donors (Lipinski definition) is 1. The topological polar surface area (TPSA) is 59.3 Å². The summed E-state index contributed by atoms with van der Waals surface area (Å²) in [5.41, 5.74) is 1.99. The molecule has 0 bridgehead atoms. The molecule has 3 aromatic rings. The molecule has 23 heavy (non-hydrogen) atoms. The van der Waals surface area contributed by atoms with Crippen LogP contribution in [0.5, 0.6) is 0 Å². The van der Waals surface area contributed by atoms with Crippen molar-refractivity contribution in [2.45, 2.75) is 13.0 Å². The Morgan fingerprint density at radius 3 is 2.57 bits per heavy atom. The number of amides is 1. The molecule has 1 atom stereocenters.